The van der Waals surface area contributed by atoms with Crippen LogP contribution in [0.2, 0.25) is 0 Å². The lowest BCUT2D eigenvalue weighted by molar-refractivity contribution is 0.0703. The molecule has 19 heavy (non-hydrogen) atoms. The Morgan fingerprint density at radius 1 is 1.32 bits per heavy atom. The zero-order valence-electron chi connectivity index (χ0n) is 10.9. The minimum absolute atomic E-state index is 0.177. The number of hydrogen-bond acceptors (Lipinski definition) is 3. The number of aryl methyl sites for hydroxylation is 1. The van der Waals surface area contributed by atoms with E-state index in [-0.39, 0.29) is 17.0 Å². The molecule has 0 aromatic carbocycles. The maximum atomic E-state index is 11.9. The number of anilines is 1. The van der Waals surface area contributed by atoms with Gasteiger partial charge in [0.05, 0.1) is 5.69 Å². The number of amides is 2. The predicted molar refractivity (Wildman–Crippen MR) is 75.0 cm³/mol. The molecule has 0 atom stereocenters. The number of carbonyl (C=O) groups excluding carboxylic acids is 1. The van der Waals surface area contributed by atoms with Crippen LogP contribution in [0.15, 0.2) is 5.38 Å². The summed E-state index contributed by atoms with van der Waals surface area (Å²) in [4.78, 5) is 23.1. The van der Waals surface area contributed by atoms with Gasteiger partial charge in [0.25, 0.3) is 0 Å². The highest BCUT2D eigenvalue weighted by Crippen LogP contribution is 2.27. The van der Waals surface area contributed by atoms with Crippen molar-refractivity contribution in [3.8, 4) is 0 Å². The van der Waals surface area contributed by atoms with E-state index in [4.69, 9.17) is 5.11 Å². The summed E-state index contributed by atoms with van der Waals surface area (Å²) < 4.78 is 0. The van der Waals surface area contributed by atoms with Gasteiger partial charge < -0.3 is 15.7 Å². The number of carbonyl (C=O) groups is 2. The molecule has 0 saturated heterocycles. The minimum Gasteiger partial charge on any atom is -0.477 e. The first-order valence-electron chi connectivity index (χ1n) is 6.47. The van der Waals surface area contributed by atoms with Gasteiger partial charge in [-0.2, -0.15) is 0 Å². The van der Waals surface area contributed by atoms with E-state index in [1.807, 2.05) is 0 Å². The monoisotopic (exact) mass is 282 g/mol. The van der Waals surface area contributed by atoms with E-state index in [9.17, 15) is 9.59 Å². The normalized spacial score (nSPS) is 16.1. The Hall–Kier alpha value is -1.56. The lowest BCUT2D eigenvalue weighted by Gasteiger charge is -2.22. The summed E-state index contributed by atoms with van der Waals surface area (Å²) >= 11 is 1.13. The number of aromatic carboxylic acids is 1. The standard InChI is InChI=1S/C13H18N2O3S/c1-8-7-19-11(12(16)17)10(8)15-13(18)14-9-5-3-2-4-6-9/h7,9H,2-6H2,1H3,(H,16,17)(H2,14,15,18). The molecule has 1 aliphatic rings. The highest BCUT2D eigenvalue weighted by Gasteiger charge is 2.19. The van der Waals surface area contributed by atoms with Crippen molar-refractivity contribution in [2.75, 3.05) is 5.32 Å². The maximum Gasteiger partial charge on any atom is 0.348 e. The maximum absolute atomic E-state index is 11.9. The molecule has 0 spiro atoms. The lowest BCUT2D eigenvalue weighted by atomic mass is 9.96. The fourth-order valence-electron chi connectivity index (χ4n) is 2.34. The topological polar surface area (TPSA) is 78.4 Å². The van der Waals surface area contributed by atoms with E-state index in [0.29, 0.717) is 5.69 Å². The van der Waals surface area contributed by atoms with E-state index >= 15 is 0 Å². The zero-order chi connectivity index (χ0) is 13.8. The van der Waals surface area contributed by atoms with Crippen molar-refractivity contribution >= 4 is 29.0 Å². The summed E-state index contributed by atoms with van der Waals surface area (Å²) in [7, 11) is 0. The Kier molecular flexibility index (Phi) is 4.42. The number of nitrogens with one attached hydrogen (secondary N) is 2. The van der Waals surface area contributed by atoms with E-state index in [1.165, 1.54) is 6.42 Å². The fraction of sp³-hybridized carbons (Fsp3) is 0.538. The molecule has 0 bridgehead atoms. The van der Waals surface area contributed by atoms with Crippen molar-refractivity contribution < 1.29 is 14.7 Å². The number of rotatable bonds is 3. The number of hydrogen-bond donors (Lipinski definition) is 3. The second kappa shape index (κ2) is 6.06. The molecule has 5 nitrogen and oxygen atoms in total. The number of thiophene rings is 1. The van der Waals surface area contributed by atoms with E-state index in [0.717, 1.165) is 42.6 Å². The molecule has 2 amide bonds. The summed E-state index contributed by atoms with van der Waals surface area (Å²) in [6.45, 7) is 1.79. The molecular weight excluding hydrogens is 264 g/mol. The van der Waals surface area contributed by atoms with Crippen molar-refractivity contribution in [1.29, 1.82) is 0 Å². The van der Waals surface area contributed by atoms with Crippen LogP contribution >= 0.6 is 11.3 Å². The van der Waals surface area contributed by atoms with Crippen molar-refractivity contribution in [2.24, 2.45) is 0 Å². The van der Waals surface area contributed by atoms with Gasteiger partial charge in [-0.25, -0.2) is 9.59 Å². The number of carboxylic acids is 1. The molecule has 1 saturated carbocycles. The van der Waals surface area contributed by atoms with Gasteiger partial charge in [-0.05, 0) is 30.7 Å². The molecule has 1 aliphatic carbocycles. The van der Waals surface area contributed by atoms with Crippen LogP contribution in [0.1, 0.15) is 47.3 Å². The molecular formula is C13H18N2O3S. The van der Waals surface area contributed by atoms with Gasteiger partial charge in [0, 0.05) is 6.04 Å². The molecule has 0 aliphatic heterocycles. The van der Waals surface area contributed by atoms with Crippen molar-refractivity contribution in [1.82, 2.24) is 5.32 Å². The predicted octanol–water partition coefficient (Wildman–Crippen LogP) is 3.21. The molecule has 104 valence electrons. The van der Waals surface area contributed by atoms with Crippen LogP contribution < -0.4 is 10.6 Å². The first-order chi connectivity index (χ1) is 9.08. The quantitative estimate of drug-likeness (QED) is 0.796. The first-order valence-corrected chi connectivity index (χ1v) is 7.35. The highest BCUT2D eigenvalue weighted by atomic mass is 32.1. The third-order valence-electron chi connectivity index (χ3n) is 3.35. The summed E-state index contributed by atoms with van der Waals surface area (Å²) in [6, 6.07) is -0.100. The van der Waals surface area contributed by atoms with Gasteiger partial charge >= 0.3 is 12.0 Å². The van der Waals surface area contributed by atoms with Gasteiger partial charge in [0.1, 0.15) is 4.88 Å². The van der Waals surface area contributed by atoms with Gasteiger partial charge in [-0.1, -0.05) is 19.3 Å². The molecule has 1 fully saturated rings. The minimum atomic E-state index is -1.01. The van der Waals surface area contributed by atoms with E-state index in [2.05, 4.69) is 10.6 Å². The SMILES string of the molecule is Cc1csc(C(=O)O)c1NC(=O)NC1CCCCC1. The van der Waals surface area contributed by atoms with Gasteiger partial charge in [0.2, 0.25) is 0 Å². The molecule has 6 heteroatoms. The van der Waals surface area contributed by atoms with E-state index in [1.54, 1.807) is 12.3 Å². The molecule has 1 aromatic heterocycles. The van der Waals surface area contributed by atoms with Crippen LogP contribution in [0, 0.1) is 6.92 Å². The summed E-state index contributed by atoms with van der Waals surface area (Å²) in [5.74, 6) is -1.01. The second-order valence-corrected chi connectivity index (χ2v) is 5.74. The van der Waals surface area contributed by atoms with Crippen LogP contribution in [0.3, 0.4) is 0 Å². The van der Waals surface area contributed by atoms with Crippen molar-refractivity contribution in [3.63, 3.8) is 0 Å². The lowest BCUT2D eigenvalue weighted by Crippen LogP contribution is -2.39. The molecule has 1 aromatic rings. The summed E-state index contributed by atoms with van der Waals surface area (Å²) in [5, 5.41) is 16.4. The third kappa shape index (κ3) is 3.47. The van der Waals surface area contributed by atoms with Crippen LogP contribution in [-0.2, 0) is 0 Å². The van der Waals surface area contributed by atoms with Gasteiger partial charge in [0.15, 0.2) is 0 Å². The van der Waals surface area contributed by atoms with Crippen LogP contribution in [0.4, 0.5) is 10.5 Å². The number of urea groups is 1. The second-order valence-electron chi connectivity index (χ2n) is 4.86. The Morgan fingerprint density at radius 2 is 2.00 bits per heavy atom. The number of carboxylic acid groups (broad SMARTS) is 1. The Labute approximate surface area is 116 Å². The van der Waals surface area contributed by atoms with Crippen LogP contribution in [0.25, 0.3) is 0 Å². The third-order valence-corrected chi connectivity index (χ3v) is 4.43. The molecule has 3 N–H and O–H groups in total. The van der Waals surface area contributed by atoms with Crippen LogP contribution in [-0.4, -0.2) is 23.1 Å². The van der Waals surface area contributed by atoms with E-state index < -0.39 is 5.97 Å². The largest absolute Gasteiger partial charge is 0.477 e. The first kappa shape index (κ1) is 13.9. The zero-order valence-corrected chi connectivity index (χ0v) is 11.7. The smallest absolute Gasteiger partial charge is 0.348 e. The molecule has 0 unspecified atom stereocenters. The van der Waals surface area contributed by atoms with Gasteiger partial charge in [-0.3, -0.25) is 0 Å². The van der Waals surface area contributed by atoms with Crippen molar-refractivity contribution in [2.45, 2.75) is 45.1 Å². The Morgan fingerprint density at radius 3 is 2.63 bits per heavy atom. The fourth-order valence-corrected chi connectivity index (χ4v) is 3.18. The Bertz CT molecular complexity index is 478. The Balaban J connectivity index is 1.98. The average molecular weight is 282 g/mol. The average Bonchev–Trinajstić information content (AvgIpc) is 2.72. The molecule has 1 heterocycles. The highest BCUT2D eigenvalue weighted by molar-refractivity contribution is 7.12. The summed E-state index contributed by atoms with van der Waals surface area (Å²) in [6.07, 6.45) is 5.52. The molecule has 2 rings (SSSR count). The molecule has 0 radical (unpaired) electrons. The van der Waals surface area contributed by atoms with Gasteiger partial charge in [-0.15, -0.1) is 11.3 Å². The van der Waals surface area contributed by atoms with Crippen LogP contribution in [0.5, 0.6) is 0 Å². The summed E-state index contributed by atoms with van der Waals surface area (Å²) in [5.41, 5.74) is 1.19. The van der Waals surface area contributed by atoms with Crippen molar-refractivity contribution in [3.05, 3.63) is 15.8 Å².